The van der Waals surface area contributed by atoms with Crippen molar-refractivity contribution in [3.63, 3.8) is 0 Å². The van der Waals surface area contributed by atoms with Gasteiger partial charge in [0.15, 0.2) is 28.9 Å². The van der Waals surface area contributed by atoms with Crippen molar-refractivity contribution < 1.29 is 27.5 Å². The van der Waals surface area contributed by atoms with E-state index < -0.39 is 41.5 Å². The zero-order chi connectivity index (χ0) is 23.3. The van der Waals surface area contributed by atoms with Crippen molar-refractivity contribution in [3.8, 4) is 11.4 Å². The smallest absolute Gasteiger partial charge is 0.278 e. The van der Waals surface area contributed by atoms with Gasteiger partial charge in [-0.2, -0.15) is 5.10 Å². The molecule has 10 heteroatoms. The predicted octanol–water partition coefficient (Wildman–Crippen LogP) is 3.79. The SMILES string of the molecule is CCCN(CC(=O)Nc1ccc(F)c(F)c1F)C(=O)c1nn(-c2ccccc2)cc1OC. The maximum atomic E-state index is 13.9. The lowest BCUT2D eigenvalue weighted by Crippen LogP contribution is -2.39. The van der Waals surface area contributed by atoms with E-state index in [0.29, 0.717) is 18.2 Å². The van der Waals surface area contributed by atoms with Crippen molar-refractivity contribution >= 4 is 17.5 Å². The minimum atomic E-state index is -1.69. The van der Waals surface area contributed by atoms with E-state index in [9.17, 15) is 22.8 Å². The van der Waals surface area contributed by atoms with Gasteiger partial charge in [-0.15, -0.1) is 0 Å². The number of aromatic nitrogens is 2. The standard InChI is InChI=1S/C22H21F3N4O3/c1-3-11-28(13-18(30)26-16-10-9-15(23)19(24)20(16)25)22(31)21-17(32-2)12-29(27-21)14-7-5-4-6-8-14/h4-10,12H,3,11,13H2,1-2H3,(H,26,30). The van der Waals surface area contributed by atoms with Gasteiger partial charge >= 0.3 is 0 Å². The van der Waals surface area contributed by atoms with Crippen molar-refractivity contribution in [2.75, 3.05) is 25.5 Å². The summed E-state index contributed by atoms with van der Waals surface area (Å²) in [5.41, 5.74) is 0.179. The summed E-state index contributed by atoms with van der Waals surface area (Å²) in [6.07, 6.45) is 2.07. The van der Waals surface area contributed by atoms with Crippen LogP contribution in [0.3, 0.4) is 0 Å². The fourth-order valence-corrected chi connectivity index (χ4v) is 3.03. The molecule has 0 fully saturated rings. The number of hydrogen-bond acceptors (Lipinski definition) is 4. The number of hydrogen-bond donors (Lipinski definition) is 1. The molecule has 1 N–H and O–H groups in total. The first-order valence-corrected chi connectivity index (χ1v) is 9.77. The fourth-order valence-electron chi connectivity index (χ4n) is 3.03. The van der Waals surface area contributed by atoms with Crippen LogP contribution in [-0.2, 0) is 4.79 Å². The van der Waals surface area contributed by atoms with Crippen LogP contribution in [0.25, 0.3) is 5.69 Å². The Bertz CT molecular complexity index is 1120. The van der Waals surface area contributed by atoms with E-state index >= 15 is 0 Å². The number of anilines is 1. The Kier molecular flexibility index (Phi) is 7.14. The third kappa shape index (κ3) is 4.90. The van der Waals surface area contributed by atoms with Gasteiger partial charge in [0.2, 0.25) is 5.91 Å². The largest absolute Gasteiger partial charge is 0.493 e. The highest BCUT2D eigenvalue weighted by Gasteiger charge is 2.26. The molecular formula is C22H21F3N4O3. The molecule has 0 radical (unpaired) electrons. The normalized spacial score (nSPS) is 10.7. The van der Waals surface area contributed by atoms with Crippen molar-refractivity contribution in [1.29, 1.82) is 0 Å². The lowest BCUT2D eigenvalue weighted by Gasteiger charge is -2.21. The summed E-state index contributed by atoms with van der Waals surface area (Å²) in [4.78, 5) is 26.8. The molecule has 0 aliphatic carbocycles. The predicted molar refractivity (Wildman–Crippen MR) is 111 cm³/mol. The van der Waals surface area contributed by atoms with Crippen molar-refractivity contribution in [2.45, 2.75) is 13.3 Å². The lowest BCUT2D eigenvalue weighted by atomic mass is 10.2. The maximum Gasteiger partial charge on any atom is 0.278 e. The Morgan fingerprint density at radius 3 is 2.47 bits per heavy atom. The molecule has 2 aromatic carbocycles. The van der Waals surface area contributed by atoms with E-state index in [1.165, 1.54) is 16.7 Å². The molecule has 2 amide bonds. The second kappa shape index (κ2) is 9.99. The number of carbonyl (C=O) groups is 2. The molecule has 168 valence electrons. The first-order chi connectivity index (χ1) is 15.3. The number of methoxy groups -OCH3 is 1. The number of ether oxygens (including phenoxy) is 1. The molecule has 0 atom stereocenters. The number of nitrogens with zero attached hydrogens (tertiary/aromatic N) is 3. The van der Waals surface area contributed by atoms with Gasteiger partial charge < -0.3 is 15.0 Å². The molecule has 7 nitrogen and oxygen atoms in total. The molecule has 3 rings (SSSR count). The molecule has 1 aromatic heterocycles. The molecule has 0 aliphatic rings. The fraction of sp³-hybridized carbons (Fsp3) is 0.227. The first kappa shape index (κ1) is 22.9. The average Bonchev–Trinajstić information content (AvgIpc) is 3.24. The Balaban J connectivity index is 1.81. The van der Waals surface area contributed by atoms with Gasteiger partial charge in [-0.3, -0.25) is 9.59 Å². The minimum Gasteiger partial charge on any atom is -0.493 e. The summed E-state index contributed by atoms with van der Waals surface area (Å²) < 4.78 is 47.1. The summed E-state index contributed by atoms with van der Waals surface area (Å²) in [5, 5.41) is 6.46. The number of amides is 2. The van der Waals surface area contributed by atoms with E-state index in [0.717, 1.165) is 6.07 Å². The molecule has 1 heterocycles. The monoisotopic (exact) mass is 446 g/mol. The summed E-state index contributed by atoms with van der Waals surface area (Å²) in [6, 6.07) is 10.7. The molecule has 0 spiro atoms. The Hall–Kier alpha value is -3.82. The highest BCUT2D eigenvalue weighted by molar-refractivity contribution is 5.99. The highest BCUT2D eigenvalue weighted by Crippen LogP contribution is 2.22. The van der Waals surface area contributed by atoms with Crippen LogP contribution < -0.4 is 10.1 Å². The zero-order valence-electron chi connectivity index (χ0n) is 17.4. The Labute approximate surface area is 182 Å². The zero-order valence-corrected chi connectivity index (χ0v) is 17.4. The third-order valence-corrected chi connectivity index (χ3v) is 4.55. The van der Waals surface area contributed by atoms with E-state index in [1.54, 1.807) is 18.3 Å². The summed E-state index contributed by atoms with van der Waals surface area (Å²) in [7, 11) is 1.39. The van der Waals surface area contributed by atoms with Gasteiger partial charge in [0, 0.05) is 6.54 Å². The molecule has 0 aliphatic heterocycles. The molecule has 0 bridgehead atoms. The van der Waals surface area contributed by atoms with Gasteiger partial charge in [0.1, 0.15) is 6.54 Å². The summed E-state index contributed by atoms with van der Waals surface area (Å²) >= 11 is 0. The van der Waals surface area contributed by atoms with Crippen LogP contribution in [0.4, 0.5) is 18.9 Å². The van der Waals surface area contributed by atoms with E-state index in [-0.39, 0.29) is 18.0 Å². The van der Waals surface area contributed by atoms with Crippen LogP contribution in [0.5, 0.6) is 5.75 Å². The van der Waals surface area contributed by atoms with E-state index in [1.807, 2.05) is 25.1 Å². The quantitative estimate of drug-likeness (QED) is 0.535. The maximum absolute atomic E-state index is 13.9. The van der Waals surface area contributed by atoms with Gasteiger partial charge in [0.25, 0.3) is 5.91 Å². The summed E-state index contributed by atoms with van der Waals surface area (Å²) in [6.45, 7) is 1.56. The number of para-hydroxylation sites is 1. The molecule has 3 aromatic rings. The van der Waals surface area contributed by atoms with Crippen LogP contribution in [0.1, 0.15) is 23.8 Å². The number of nitrogens with one attached hydrogen (secondary N) is 1. The van der Waals surface area contributed by atoms with Crippen LogP contribution in [0, 0.1) is 17.5 Å². The number of rotatable bonds is 8. The van der Waals surface area contributed by atoms with Gasteiger partial charge in [-0.05, 0) is 30.7 Å². The van der Waals surface area contributed by atoms with Gasteiger partial charge in [-0.25, -0.2) is 17.9 Å². The molecule has 0 unspecified atom stereocenters. The van der Waals surface area contributed by atoms with Gasteiger partial charge in [-0.1, -0.05) is 25.1 Å². The van der Waals surface area contributed by atoms with Crippen LogP contribution in [-0.4, -0.2) is 46.7 Å². The van der Waals surface area contributed by atoms with Crippen LogP contribution in [0.15, 0.2) is 48.7 Å². The van der Waals surface area contributed by atoms with E-state index in [2.05, 4.69) is 10.4 Å². The minimum absolute atomic E-state index is 0.00314. The van der Waals surface area contributed by atoms with Crippen molar-refractivity contribution in [2.24, 2.45) is 0 Å². The highest BCUT2D eigenvalue weighted by atomic mass is 19.2. The van der Waals surface area contributed by atoms with Gasteiger partial charge in [0.05, 0.1) is 24.7 Å². The van der Waals surface area contributed by atoms with Crippen molar-refractivity contribution in [1.82, 2.24) is 14.7 Å². The molecule has 32 heavy (non-hydrogen) atoms. The van der Waals surface area contributed by atoms with E-state index in [4.69, 9.17) is 4.74 Å². The first-order valence-electron chi connectivity index (χ1n) is 9.77. The summed E-state index contributed by atoms with van der Waals surface area (Å²) in [5.74, 6) is -5.72. The Morgan fingerprint density at radius 1 is 1.09 bits per heavy atom. The third-order valence-electron chi connectivity index (χ3n) is 4.55. The molecular weight excluding hydrogens is 425 g/mol. The number of carbonyl (C=O) groups excluding carboxylic acids is 2. The average molecular weight is 446 g/mol. The van der Waals surface area contributed by atoms with Crippen LogP contribution >= 0.6 is 0 Å². The second-order valence-corrected chi connectivity index (χ2v) is 6.82. The number of benzene rings is 2. The Morgan fingerprint density at radius 2 is 1.81 bits per heavy atom. The molecule has 0 saturated carbocycles. The topological polar surface area (TPSA) is 76.5 Å². The number of halogens is 3. The molecule has 0 saturated heterocycles. The van der Waals surface area contributed by atoms with Crippen molar-refractivity contribution in [3.05, 3.63) is 71.8 Å². The van der Waals surface area contributed by atoms with Crippen LogP contribution in [0.2, 0.25) is 0 Å². The lowest BCUT2D eigenvalue weighted by molar-refractivity contribution is -0.116. The second-order valence-electron chi connectivity index (χ2n) is 6.82.